The molecule has 0 saturated heterocycles. The van der Waals surface area contributed by atoms with Crippen LogP contribution in [0.5, 0.6) is 11.5 Å². The summed E-state index contributed by atoms with van der Waals surface area (Å²) in [5.41, 5.74) is 2.33. The van der Waals surface area contributed by atoms with Crippen molar-refractivity contribution in [1.82, 2.24) is 4.57 Å². The molecular formula is C17H14BrNO3. The van der Waals surface area contributed by atoms with Gasteiger partial charge in [-0.3, -0.25) is 4.79 Å². The fraction of sp³-hybridized carbons (Fsp3) is 0.118. The summed E-state index contributed by atoms with van der Waals surface area (Å²) in [5.74, 6) is 0.974. The molecule has 0 amide bonds. The number of ether oxygens (including phenoxy) is 2. The Morgan fingerprint density at radius 1 is 1.09 bits per heavy atom. The van der Waals surface area contributed by atoms with Crippen LogP contribution >= 0.6 is 15.9 Å². The number of halogens is 1. The number of nitrogens with zero attached hydrogens (tertiary/aromatic N) is 1. The van der Waals surface area contributed by atoms with E-state index in [0.717, 1.165) is 27.3 Å². The van der Waals surface area contributed by atoms with Gasteiger partial charge in [0.1, 0.15) is 11.5 Å². The van der Waals surface area contributed by atoms with Crippen molar-refractivity contribution in [2.45, 2.75) is 0 Å². The van der Waals surface area contributed by atoms with Crippen molar-refractivity contribution in [2.24, 2.45) is 0 Å². The van der Waals surface area contributed by atoms with Crippen molar-refractivity contribution in [2.75, 3.05) is 14.2 Å². The van der Waals surface area contributed by atoms with Crippen LogP contribution in [0.3, 0.4) is 0 Å². The van der Waals surface area contributed by atoms with Gasteiger partial charge in [-0.25, -0.2) is 0 Å². The lowest BCUT2D eigenvalue weighted by Gasteiger charge is -2.13. The summed E-state index contributed by atoms with van der Waals surface area (Å²) < 4.78 is 13.7. The maximum atomic E-state index is 11.2. The molecule has 2 aromatic carbocycles. The Morgan fingerprint density at radius 2 is 1.77 bits per heavy atom. The van der Waals surface area contributed by atoms with Gasteiger partial charge in [-0.1, -0.05) is 22.0 Å². The van der Waals surface area contributed by atoms with Crippen molar-refractivity contribution in [3.05, 3.63) is 52.6 Å². The third-order valence-electron chi connectivity index (χ3n) is 3.60. The molecule has 1 heterocycles. The minimum Gasteiger partial charge on any atom is -0.496 e. The van der Waals surface area contributed by atoms with E-state index in [1.807, 2.05) is 47.2 Å². The van der Waals surface area contributed by atoms with E-state index in [0.29, 0.717) is 17.1 Å². The van der Waals surface area contributed by atoms with Crippen molar-refractivity contribution >= 4 is 33.1 Å². The first-order valence-electron chi connectivity index (χ1n) is 6.66. The predicted molar refractivity (Wildman–Crippen MR) is 89.5 cm³/mol. The van der Waals surface area contributed by atoms with Crippen molar-refractivity contribution in [1.29, 1.82) is 0 Å². The monoisotopic (exact) mass is 359 g/mol. The number of fused-ring (bicyclic) bond motifs is 1. The third kappa shape index (κ3) is 2.27. The molecule has 0 radical (unpaired) electrons. The molecule has 5 heteroatoms. The van der Waals surface area contributed by atoms with Crippen LogP contribution < -0.4 is 9.47 Å². The van der Waals surface area contributed by atoms with Crippen LogP contribution in [-0.2, 0) is 0 Å². The molecule has 3 aromatic rings. The average molecular weight is 360 g/mol. The van der Waals surface area contributed by atoms with E-state index in [4.69, 9.17) is 9.47 Å². The minimum absolute atomic E-state index is 0.409. The van der Waals surface area contributed by atoms with Crippen LogP contribution in [0.25, 0.3) is 16.6 Å². The first-order chi connectivity index (χ1) is 10.7. The summed E-state index contributed by atoms with van der Waals surface area (Å²) in [6.45, 7) is 0. The Kier molecular flexibility index (Phi) is 3.90. The summed E-state index contributed by atoms with van der Waals surface area (Å²) in [5, 5.41) is 1.11. The summed E-state index contributed by atoms with van der Waals surface area (Å²) in [4.78, 5) is 11.2. The van der Waals surface area contributed by atoms with E-state index in [1.54, 1.807) is 0 Å². The molecule has 0 bridgehead atoms. The standard InChI is InChI=1S/C17H14BrNO3/c1-21-16-8-11(9-17(22-2)13(16)10-20)19-7-6-12-14(18)4-3-5-15(12)19/h3-10H,1-2H3. The highest BCUT2D eigenvalue weighted by molar-refractivity contribution is 9.10. The lowest BCUT2D eigenvalue weighted by atomic mass is 10.1. The molecule has 0 aliphatic carbocycles. The third-order valence-corrected chi connectivity index (χ3v) is 4.30. The quantitative estimate of drug-likeness (QED) is 0.654. The first-order valence-corrected chi connectivity index (χ1v) is 7.46. The topological polar surface area (TPSA) is 40.5 Å². The SMILES string of the molecule is COc1cc(-n2ccc3c(Br)cccc32)cc(OC)c1C=O. The maximum absolute atomic E-state index is 11.2. The molecule has 22 heavy (non-hydrogen) atoms. The van der Waals surface area contributed by atoms with E-state index >= 15 is 0 Å². The molecule has 0 saturated carbocycles. The van der Waals surface area contributed by atoms with E-state index in [9.17, 15) is 4.79 Å². The maximum Gasteiger partial charge on any atom is 0.157 e. The highest BCUT2D eigenvalue weighted by atomic mass is 79.9. The van der Waals surface area contributed by atoms with Crippen LogP contribution in [0, 0.1) is 0 Å². The molecule has 0 unspecified atom stereocenters. The zero-order valence-electron chi connectivity index (χ0n) is 12.2. The molecule has 0 N–H and O–H groups in total. The van der Waals surface area contributed by atoms with E-state index < -0.39 is 0 Å². The minimum atomic E-state index is 0.409. The molecule has 0 aliphatic rings. The second-order valence-electron chi connectivity index (χ2n) is 4.74. The van der Waals surface area contributed by atoms with Crippen LogP contribution in [-0.4, -0.2) is 25.1 Å². The molecule has 0 spiro atoms. The molecule has 0 atom stereocenters. The second kappa shape index (κ2) is 5.85. The Hall–Kier alpha value is -2.27. The lowest BCUT2D eigenvalue weighted by Crippen LogP contribution is -2.00. The lowest BCUT2D eigenvalue weighted by molar-refractivity contribution is 0.111. The zero-order valence-corrected chi connectivity index (χ0v) is 13.8. The molecule has 4 nitrogen and oxygen atoms in total. The zero-order chi connectivity index (χ0) is 15.7. The van der Waals surface area contributed by atoms with Gasteiger partial charge in [0.2, 0.25) is 0 Å². The van der Waals surface area contributed by atoms with Gasteiger partial charge in [0.05, 0.1) is 31.0 Å². The molecule has 112 valence electrons. The number of aromatic nitrogens is 1. The number of carbonyl (C=O) groups is 1. The van der Waals surface area contributed by atoms with E-state index in [1.165, 1.54) is 14.2 Å². The highest BCUT2D eigenvalue weighted by Crippen LogP contribution is 2.33. The van der Waals surface area contributed by atoms with Gasteiger partial charge in [0.15, 0.2) is 6.29 Å². The number of carbonyl (C=O) groups excluding carboxylic acids is 1. The van der Waals surface area contributed by atoms with Gasteiger partial charge < -0.3 is 14.0 Å². The number of rotatable bonds is 4. The summed E-state index contributed by atoms with van der Waals surface area (Å²) in [7, 11) is 3.08. The number of aldehydes is 1. The summed E-state index contributed by atoms with van der Waals surface area (Å²) in [6, 6.07) is 11.7. The molecule has 3 rings (SSSR count). The number of hydrogen-bond acceptors (Lipinski definition) is 3. The average Bonchev–Trinajstić information content (AvgIpc) is 2.98. The van der Waals surface area contributed by atoms with Gasteiger partial charge in [0, 0.05) is 28.2 Å². The van der Waals surface area contributed by atoms with Gasteiger partial charge in [-0.05, 0) is 18.2 Å². The summed E-state index contributed by atoms with van der Waals surface area (Å²) in [6.07, 6.45) is 2.72. The van der Waals surface area contributed by atoms with Crippen molar-refractivity contribution in [3.63, 3.8) is 0 Å². The van der Waals surface area contributed by atoms with Gasteiger partial charge in [-0.15, -0.1) is 0 Å². The Balaban J connectivity index is 2.27. The Labute approximate surface area is 136 Å². The number of benzene rings is 2. The van der Waals surface area contributed by atoms with Gasteiger partial charge in [0.25, 0.3) is 0 Å². The van der Waals surface area contributed by atoms with Crippen LogP contribution in [0.2, 0.25) is 0 Å². The molecule has 0 fully saturated rings. The number of methoxy groups -OCH3 is 2. The van der Waals surface area contributed by atoms with Crippen molar-refractivity contribution < 1.29 is 14.3 Å². The van der Waals surface area contributed by atoms with Gasteiger partial charge >= 0.3 is 0 Å². The highest BCUT2D eigenvalue weighted by Gasteiger charge is 2.14. The van der Waals surface area contributed by atoms with E-state index in [2.05, 4.69) is 15.9 Å². The Bertz CT molecular complexity index is 829. The first kappa shape index (κ1) is 14.7. The summed E-state index contributed by atoms with van der Waals surface area (Å²) >= 11 is 3.55. The smallest absolute Gasteiger partial charge is 0.157 e. The number of hydrogen-bond donors (Lipinski definition) is 0. The predicted octanol–water partition coefficient (Wildman–Crippen LogP) is 4.22. The molecule has 1 aromatic heterocycles. The molecular weight excluding hydrogens is 346 g/mol. The van der Waals surface area contributed by atoms with Crippen LogP contribution in [0.1, 0.15) is 10.4 Å². The molecule has 0 aliphatic heterocycles. The second-order valence-corrected chi connectivity index (χ2v) is 5.59. The Morgan fingerprint density at radius 3 is 2.36 bits per heavy atom. The van der Waals surface area contributed by atoms with Crippen molar-refractivity contribution in [3.8, 4) is 17.2 Å². The largest absolute Gasteiger partial charge is 0.496 e. The normalized spacial score (nSPS) is 10.7. The van der Waals surface area contributed by atoms with Crippen LogP contribution in [0.4, 0.5) is 0 Å². The van der Waals surface area contributed by atoms with E-state index in [-0.39, 0.29) is 0 Å². The van der Waals surface area contributed by atoms with Crippen LogP contribution in [0.15, 0.2) is 47.1 Å². The van der Waals surface area contributed by atoms with Gasteiger partial charge in [-0.2, -0.15) is 0 Å². The fourth-order valence-electron chi connectivity index (χ4n) is 2.54. The fourth-order valence-corrected chi connectivity index (χ4v) is 3.02.